The summed E-state index contributed by atoms with van der Waals surface area (Å²) in [5, 5.41) is 9.48. The fourth-order valence-electron chi connectivity index (χ4n) is 2.44. The summed E-state index contributed by atoms with van der Waals surface area (Å²) < 4.78 is 1.84. The van der Waals surface area contributed by atoms with Crippen molar-refractivity contribution in [2.24, 2.45) is 0 Å². The zero-order valence-electron chi connectivity index (χ0n) is 12.0. The smallest absolute Gasteiger partial charge is 0.305 e. The zero-order chi connectivity index (χ0) is 15.7. The van der Waals surface area contributed by atoms with Gasteiger partial charge in [0.15, 0.2) is 5.65 Å². The lowest BCUT2D eigenvalue weighted by Crippen LogP contribution is -2.07. The van der Waals surface area contributed by atoms with Crippen LogP contribution in [0.15, 0.2) is 36.5 Å². The van der Waals surface area contributed by atoms with Crippen molar-refractivity contribution in [1.29, 1.82) is 0 Å². The molecule has 0 atom stereocenters. The number of fused-ring (bicyclic) bond motifs is 1. The van der Waals surface area contributed by atoms with Crippen LogP contribution in [-0.4, -0.2) is 25.6 Å². The van der Waals surface area contributed by atoms with Gasteiger partial charge in [-0.3, -0.25) is 4.79 Å². The van der Waals surface area contributed by atoms with Crippen LogP contribution in [0, 0.1) is 6.92 Å². The fraction of sp³-hybridized carbons (Fsp3) is 0.188. The van der Waals surface area contributed by atoms with Crippen LogP contribution in [-0.2, 0) is 11.3 Å². The summed E-state index contributed by atoms with van der Waals surface area (Å²) in [4.78, 5) is 19.8. The molecule has 22 heavy (non-hydrogen) atoms. The first kappa shape index (κ1) is 14.5. The van der Waals surface area contributed by atoms with E-state index in [0.29, 0.717) is 28.6 Å². The molecule has 112 valence electrons. The first-order valence-electron chi connectivity index (χ1n) is 6.86. The molecule has 0 unspecified atom stereocenters. The number of benzene rings is 1. The molecule has 5 nitrogen and oxygen atoms in total. The van der Waals surface area contributed by atoms with Crippen molar-refractivity contribution >= 4 is 28.7 Å². The van der Waals surface area contributed by atoms with Gasteiger partial charge in [0.2, 0.25) is 0 Å². The molecule has 0 aliphatic heterocycles. The molecule has 6 heteroatoms. The van der Waals surface area contributed by atoms with E-state index in [4.69, 9.17) is 16.7 Å². The van der Waals surface area contributed by atoms with E-state index >= 15 is 0 Å². The van der Waals surface area contributed by atoms with Crippen molar-refractivity contribution in [2.75, 3.05) is 0 Å². The van der Waals surface area contributed by atoms with Gasteiger partial charge in [0, 0.05) is 18.3 Å². The fourth-order valence-corrected chi connectivity index (χ4v) is 2.59. The van der Waals surface area contributed by atoms with Gasteiger partial charge in [-0.25, -0.2) is 9.97 Å². The summed E-state index contributed by atoms with van der Waals surface area (Å²) >= 11 is 5.98. The Morgan fingerprint density at radius 1 is 1.36 bits per heavy atom. The maximum Gasteiger partial charge on any atom is 0.305 e. The molecule has 3 aromatic rings. The van der Waals surface area contributed by atoms with E-state index in [2.05, 4.69) is 9.97 Å². The topological polar surface area (TPSA) is 68.0 Å². The number of carboxylic acids is 1. The standard InChI is InChI=1S/C16H14ClN3O2/c1-10-4-2-3-5-12(10)15-19-13-8-11(17)9-18-16(13)20(15)7-6-14(21)22/h2-5,8-9H,6-7H2,1H3,(H,21,22). The Labute approximate surface area is 132 Å². The second-order valence-electron chi connectivity index (χ2n) is 5.04. The number of nitrogens with zero attached hydrogens (tertiary/aromatic N) is 3. The maximum absolute atomic E-state index is 10.9. The molecule has 0 bridgehead atoms. The molecule has 2 heterocycles. The van der Waals surface area contributed by atoms with Gasteiger partial charge in [-0.05, 0) is 18.6 Å². The van der Waals surface area contributed by atoms with Crippen LogP contribution >= 0.6 is 11.6 Å². The van der Waals surface area contributed by atoms with Gasteiger partial charge in [0.05, 0.1) is 11.4 Å². The van der Waals surface area contributed by atoms with Gasteiger partial charge < -0.3 is 9.67 Å². The summed E-state index contributed by atoms with van der Waals surface area (Å²) in [6, 6.07) is 9.59. The summed E-state index contributed by atoms with van der Waals surface area (Å²) in [7, 11) is 0. The second kappa shape index (κ2) is 5.77. The highest BCUT2D eigenvalue weighted by atomic mass is 35.5. The van der Waals surface area contributed by atoms with Crippen molar-refractivity contribution in [2.45, 2.75) is 19.9 Å². The number of carboxylic acid groups (broad SMARTS) is 1. The second-order valence-corrected chi connectivity index (χ2v) is 5.48. The number of hydrogen-bond donors (Lipinski definition) is 1. The summed E-state index contributed by atoms with van der Waals surface area (Å²) in [6.07, 6.45) is 1.55. The number of aryl methyl sites for hydroxylation is 2. The van der Waals surface area contributed by atoms with Gasteiger partial charge in [-0.15, -0.1) is 0 Å². The van der Waals surface area contributed by atoms with Crippen LogP contribution in [0.1, 0.15) is 12.0 Å². The number of carbonyl (C=O) groups is 1. The lowest BCUT2D eigenvalue weighted by molar-refractivity contribution is -0.137. The molecule has 1 N–H and O–H groups in total. The molecule has 0 aliphatic rings. The molecule has 0 saturated heterocycles. The molecule has 0 saturated carbocycles. The van der Waals surface area contributed by atoms with Crippen molar-refractivity contribution in [3.05, 3.63) is 47.1 Å². The van der Waals surface area contributed by atoms with E-state index in [1.165, 1.54) is 0 Å². The highest BCUT2D eigenvalue weighted by Gasteiger charge is 2.16. The highest BCUT2D eigenvalue weighted by molar-refractivity contribution is 6.31. The minimum atomic E-state index is -0.855. The summed E-state index contributed by atoms with van der Waals surface area (Å²) in [5.41, 5.74) is 3.34. The van der Waals surface area contributed by atoms with Crippen LogP contribution in [0.3, 0.4) is 0 Å². The SMILES string of the molecule is Cc1ccccc1-c1nc2cc(Cl)cnc2n1CCC(=O)O. The average molecular weight is 316 g/mol. The Morgan fingerprint density at radius 3 is 2.86 bits per heavy atom. The van der Waals surface area contributed by atoms with Gasteiger partial charge in [0.1, 0.15) is 11.3 Å². The Kier molecular flexibility index (Phi) is 3.81. The minimum absolute atomic E-state index is 0.00858. The van der Waals surface area contributed by atoms with E-state index in [-0.39, 0.29) is 6.42 Å². The Balaban J connectivity index is 2.21. The normalized spacial score (nSPS) is 11.0. The Hall–Kier alpha value is -2.40. The third-order valence-corrected chi connectivity index (χ3v) is 3.69. The van der Waals surface area contributed by atoms with E-state index in [1.54, 1.807) is 12.3 Å². The molecular weight excluding hydrogens is 302 g/mol. The number of imidazole rings is 1. The van der Waals surface area contributed by atoms with E-state index < -0.39 is 5.97 Å². The van der Waals surface area contributed by atoms with Crippen LogP contribution in [0.25, 0.3) is 22.6 Å². The number of rotatable bonds is 4. The maximum atomic E-state index is 10.9. The van der Waals surface area contributed by atoms with Gasteiger partial charge in [-0.2, -0.15) is 0 Å². The van der Waals surface area contributed by atoms with Crippen LogP contribution in [0.5, 0.6) is 0 Å². The molecule has 0 spiro atoms. The molecular formula is C16H14ClN3O2. The van der Waals surface area contributed by atoms with Crippen LogP contribution in [0.4, 0.5) is 0 Å². The third kappa shape index (κ3) is 2.67. The number of aromatic nitrogens is 3. The first-order valence-corrected chi connectivity index (χ1v) is 7.23. The predicted molar refractivity (Wildman–Crippen MR) is 85.0 cm³/mol. The van der Waals surface area contributed by atoms with Gasteiger partial charge in [-0.1, -0.05) is 35.9 Å². The Bertz CT molecular complexity index is 858. The largest absolute Gasteiger partial charge is 0.481 e. The van der Waals surface area contributed by atoms with Crippen molar-refractivity contribution in [1.82, 2.24) is 14.5 Å². The van der Waals surface area contributed by atoms with E-state index in [0.717, 1.165) is 11.1 Å². The quantitative estimate of drug-likeness (QED) is 0.799. The van der Waals surface area contributed by atoms with Crippen molar-refractivity contribution in [3.63, 3.8) is 0 Å². The summed E-state index contributed by atoms with van der Waals surface area (Å²) in [6.45, 7) is 2.31. The predicted octanol–water partition coefficient (Wildman–Crippen LogP) is 3.53. The van der Waals surface area contributed by atoms with Crippen molar-refractivity contribution in [3.8, 4) is 11.4 Å². The molecule has 0 aliphatic carbocycles. The van der Waals surface area contributed by atoms with Crippen LogP contribution in [0.2, 0.25) is 5.02 Å². The molecule has 0 fully saturated rings. The van der Waals surface area contributed by atoms with Crippen molar-refractivity contribution < 1.29 is 9.90 Å². The number of pyridine rings is 1. The molecule has 0 amide bonds. The van der Waals surface area contributed by atoms with Crippen LogP contribution < -0.4 is 0 Å². The highest BCUT2D eigenvalue weighted by Crippen LogP contribution is 2.27. The van der Waals surface area contributed by atoms with Gasteiger partial charge >= 0.3 is 5.97 Å². The Morgan fingerprint density at radius 2 is 2.14 bits per heavy atom. The average Bonchev–Trinajstić information content (AvgIpc) is 2.83. The molecule has 2 aromatic heterocycles. The van der Waals surface area contributed by atoms with Gasteiger partial charge in [0.25, 0.3) is 0 Å². The molecule has 0 radical (unpaired) electrons. The number of aliphatic carboxylic acids is 1. The third-order valence-electron chi connectivity index (χ3n) is 3.49. The van der Waals surface area contributed by atoms with E-state index in [1.807, 2.05) is 35.8 Å². The minimum Gasteiger partial charge on any atom is -0.481 e. The monoisotopic (exact) mass is 315 g/mol. The number of hydrogen-bond acceptors (Lipinski definition) is 3. The first-order chi connectivity index (χ1) is 10.6. The lowest BCUT2D eigenvalue weighted by Gasteiger charge is -2.09. The summed E-state index contributed by atoms with van der Waals surface area (Å²) in [5.74, 6) is -0.143. The lowest BCUT2D eigenvalue weighted by atomic mass is 10.1. The zero-order valence-corrected chi connectivity index (χ0v) is 12.7. The van der Waals surface area contributed by atoms with E-state index in [9.17, 15) is 4.79 Å². The molecule has 3 rings (SSSR count). The molecule has 1 aromatic carbocycles. The number of halogens is 1.